The summed E-state index contributed by atoms with van der Waals surface area (Å²) >= 11 is 0. The molecule has 1 atom stereocenters. The van der Waals surface area contributed by atoms with Crippen LogP contribution < -0.4 is 15.8 Å². The fourth-order valence-corrected chi connectivity index (χ4v) is 3.08. The van der Waals surface area contributed by atoms with Gasteiger partial charge in [0.25, 0.3) is 5.91 Å². The van der Waals surface area contributed by atoms with Gasteiger partial charge in [-0.15, -0.1) is 13.2 Å². The molecule has 2 aromatic heterocycles. The molecular formula is C21H13F4N3O4. The van der Waals surface area contributed by atoms with E-state index < -0.39 is 35.6 Å². The molecule has 2 aromatic carbocycles. The summed E-state index contributed by atoms with van der Waals surface area (Å²) in [7, 11) is 0. The third kappa shape index (κ3) is 4.61. The zero-order chi connectivity index (χ0) is 22.9. The first-order chi connectivity index (χ1) is 15.2. The second-order valence-corrected chi connectivity index (χ2v) is 6.62. The number of carbonyl (C=O) groups excluding carboxylic acids is 1. The summed E-state index contributed by atoms with van der Waals surface area (Å²) in [6, 6.07) is 11.0. The van der Waals surface area contributed by atoms with Gasteiger partial charge in [0.15, 0.2) is 17.1 Å². The number of benzene rings is 2. The lowest BCUT2D eigenvalue weighted by molar-refractivity contribution is -0.275. The maximum absolute atomic E-state index is 14.3. The number of oxazole rings is 1. The van der Waals surface area contributed by atoms with E-state index in [9.17, 15) is 27.2 Å². The Bertz CT molecular complexity index is 1330. The van der Waals surface area contributed by atoms with Crippen molar-refractivity contribution in [3.05, 3.63) is 94.0 Å². The van der Waals surface area contributed by atoms with Crippen molar-refractivity contribution in [2.24, 2.45) is 0 Å². The van der Waals surface area contributed by atoms with E-state index in [1.807, 2.05) is 0 Å². The van der Waals surface area contributed by atoms with E-state index in [1.54, 1.807) is 18.2 Å². The van der Waals surface area contributed by atoms with Crippen LogP contribution in [0.5, 0.6) is 5.75 Å². The van der Waals surface area contributed by atoms with Gasteiger partial charge in [0.05, 0.1) is 17.3 Å². The Balaban J connectivity index is 1.67. The summed E-state index contributed by atoms with van der Waals surface area (Å²) in [5, 5.41) is 2.67. The van der Waals surface area contributed by atoms with Gasteiger partial charge in [-0.25, -0.2) is 9.18 Å². The van der Waals surface area contributed by atoms with Gasteiger partial charge in [-0.05, 0) is 48.0 Å². The fraction of sp³-hybridized carbons (Fsp3) is 0.0952. The molecule has 0 fully saturated rings. The summed E-state index contributed by atoms with van der Waals surface area (Å²) in [5.41, 5.74) is 1.16. The van der Waals surface area contributed by atoms with Crippen molar-refractivity contribution in [3.8, 4) is 5.75 Å². The first-order valence-corrected chi connectivity index (χ1v) is 9.09. The van der Waals surface area contributed by atoms with Crippen LogP contribution in [0.25, 0.3) is 11.1 Å². The molecule has 4 aromatic rings. The third-order valence-electron chi connectivity index (χ3n) is 4.46. The van der Waals surface area contributed by atoms with Gasteiger partial charge in [-0.3, -0.25) is 14.8 Å². The highest BCUT2D eigenvalue weighted by Crippen LogP contribution is 2.29. The van der Waals surface area contributed by atoms with Crippen LogP contribution in [-0.4, -0.2) is 22.2 Å². The van der Waals surface area contributed by atoms with Gasteiger partial charge in [0.1, 0.15) is 0 Å². The molecule has 7 nitrogen and oxygen atoms in total. The molecule has 0 saturated carbocycles. The minimum Gasteiger partial charge on any atom is -0.408 e. The minimum absolute atomic E-state index is 0.137. The lowest BCUT2D eigenvalue weighted by Gasteiger charge is -2.20. The van der Waals surface area contributed by atoms with E-state index in [4.69, 9.17) is 4.42 Å². The Morgan fingerprint density at radius 1 is 1.12 bits per heavy atom. The van der Waals surface area contributed by atoms with Crippen LogP contribution >= 0.6 is 0 Å². The number of hydrogen-bond acceptors (Lipinski definition) is 5. The molecule has 0 aliphatic carbocycles. The van der Waals surface area contributed by atoms with Crippen molar-refractivity contribution in [1.29, 1.82) is 0 Å². The molecule has 0 bridgehead atoms. The highest BCUT2D eigenvalue weighted by molar-refractivity contribution is 5.97. The normalized spacial score (nSPS) is 12.5. The van der Waals surface area contributed by atoms with Crippen molar-refractivity contribution >= 4 is 17.0 Å². The number of carbonyl (C=O) groups is 1. The molecule has 2 N–H and O–H groups in total. The maximum atomic E-state index is 14.3. The Morgan fingerprint density at radius 2 is 1.94 bits per heavy atom. The average Bonchev–Trinajstić information content (AvgIpc) is 3.12. The number of nitrogens with zero attached hydrogens (tertiary/aromatic N) is 1. The number of halogens is 4. The Labute approximate surface area is 176 Å². The van der Waals surface area contributed by atoms with Gasteiger partial charge in [-0.2, -0.15) is 0 Å². The van der Waals surface area contributed by atoms with Gasteiger partial charge >= 0.3 is 12.1 Å². The topological polar surface area (TPSA) is 97.2 Å². The van der Waals surface area contributed by atoms with E-state index in [0.717, 1.165) is 12.1 Å². The molecule has 11 heteroatoms. The summed E-state index contributed by atoms with van der Waals surface area (Å²) in [6.45, 7) is 0. The van der Waals surface area contributed by atoms with Crippen molar-refractivity contribution in [2.75, 3.05) is 0 Å². The molecule has 0 spiro atoms. The molecule has 1 amide bonds. The van der Waals surface area contributed by atoms with Crippen molar-refractivity contribution in [1.82, 2.24) is 15.3 Å². The van der Waals surface area contributed by atoms with E-state index in [2.05, 4.69) is 20.0 Å². The lowest BCUT2D eigenvalue weighted by atomic mass is 10.0. The summed E-state index contributed by atoms with van der Waals surface area (Å²) in [5.74, 6) is -3.55. The molecule has 164 valence electrons. The largest absolute Gasteiger partial charge is 0.573 e. The number of amides is 1. The maximum Gasteiger partial charge on any atom is 0.573 e. The number of aromatic nitrogens is 2. The second kappa shape index (κ2) is 8.17. The first kappa shape index (κ1) is 21.1. The average molecular weight is 447 g/mol. The van der Waals surface area contributed by atoms with Crippen LogP contribution in [0.1, 0.15) is 27.7 Å². The van der Waals surface area contributed by atoms with Crippen LogP contribution in [0.15, 0.2) is 70.0 Å². The molecule has 0 unspecified atom stereocenters. The van der Waals surface area contributed by atoms with Crippen LogP contribution in [0.2, 0.25) is 0 Å². The van der Waals surface area contributed by atoms with Crippen LogP contribution in [0, 0.1) is 5.82 Å². The van der Waals surface area contributed by atoms with E-state index in [0.29, 0.717) is 11.2 Å². The molecule has 0 aliphatic heterocycles. The Kier molecular flexibility index (Phi) is 5.39. The fourth-order valence-electron chi connectivity index (χ4n) is 3.08. The van der Waals surface area contributed by atoms with Crippen LogP contribution in [0.3, 0.4) is 0 Å². The number of fused-ring (bicyclic) bond motifs is 1. The predicted molar refractivity (Wildman–Crippen MR) is 103 cm³/mol. The molecule has 2 heterocycles. The number of H-pyrrole nitrogens is 1. The zero-order valence-electron chi connectivity index (χ0n) is 15.9. The van der Waals surface area contributed by atoms with E-state index >= 15 is 0 Å². The predicted octanol–water partition coefficient (Wildman–Crippen LogP) is 4.07. The number of hydrogen-bond donors (Lipinski definition) is 2. The van der Waals surface area contributed by atoms with E-state index in [-0.39, 0.29) is 16.7 Å². The number of nitrogens with one attached hydrogen (secondary N) is 2. The monoisotopic (exact) mass is 447 g/mol. The zero-order valence-corrected chi connectivity index (χ0v) is 15.9. The Hall–Kier alpha value is -4.15. The smallest absolute Gasteiger partial charge is 0.408 e. The first-order valence-electron chi connectivity index (χ1n) is 9.09. The van der Waals surface area contributed by atoms with Gasteiger partial charge < -0.3 is 14.5 Å². The highest BCUT2D eigenvalue weighted by atomic mass is 19.4. The number of rotatable bonds is 5. The summed E-state index contributed by atoms with van der Waals surface area (Å²) in [6.07, 6.45) is -3.60. The SMILES string of the molecule is O=C(N[C@@H](c1ccc(OC(F)(F)F)c(F)c1)c1ccccn1)c1ccc2[nH]c(=O)oc2c1. The standard InChI is InChI=1S/C21H13F4N3O4/c22-13-9-11(5-7-16(13)32-21(23,24)25)18(15-3-1-2-8-26-15)28-19(29)12-4-6-14-17(10-12)31-20(30)27-14/h1-10,18H,(H,27,30)(H,28,29)/t18-/m0/s1. The van der Waals surface area contributed by atoms with Crippen LogP contribution in [0.4, 0.5) is 17.6 Å². The van der Waals surface area contributed by atoms with Gasteiger partial charge in [0, 0.05) is 11.8 Å². The van der Waals surface area contributed by atoms with Crippen molar-refractivity contribution in [2.45, 2.75) is 12.4 Å². The quantitative estimate of drug-likeness (QED) is 0.450. The summed E-state index contributed by atoms with van der Waals surface area (Å²) in [4.78, 5) is 30.8. The minimum atomic E-state index is -5.05. The molecular weight excluding hydrogens is 434 g/mol. The molecule has 0 saturated heterocycles. The third-order valence-corrected chi connectivity index (χ3v) is 4.46. The molecule has 0 radical (unpaired) electrons. The number of alkyl halides is 3. The lowest BCUT2D eigenvalue weighted by Crippen LogP contribution is -2.30. The number of aromatic amines is 1. The molecule has 0 aliphatic rings. The van der Waals surface area contributed by atoms with Gasteiger partial charge in [-0.1, -0.05) is 12.1 Å². The highest BCUT2D eigenvalue weighted by Gasteiger charge is 2.32. The number of ether oxygens (including phenoxy) is 1. The van der Waals surface area contributed by atoms with Crippen LogP contribution in [-0.2, 0) is 0 Å². The van der Waals surface area contributed by atoms with Gasteiger partial charge in [0.2, 0.25) is 0 Å². The molecule has 32 heavy (non-hydrogen) atoms. The van der Waals surface area contributed by atoms with E-state index in [1.165, 1.54) is 30.5 Å². The Morgan fingerprint density at radius 3 is 2.62 bits per heavy atom. The molecule has 4 rings (SSSR count). The summed E-state index contributed by atoms with van der Waals surface area (Å²) < 4.78 is 60.2. The van der Waals surface area contributed by atoms with Crippen molar-refractivity contribution < 1.29 is 31.5 Å². The van der Waals surface area contributed by atoms with Crippen molar-refractivity contribution in [3.63, 3.8) is 0 Å². The second-order valence-electron chi connectivity index (χ2n) is 6.62. The number of pyridine rings is 1.